The second-order valence-corrected chi connectivity index (χ2v) is 7.62. The van der Waals surface area contributed by atoms with Gasteiger partial charge in [-0.25, -0.2) is 4.98 Å². The van der Waals surface area contributed by atoms with E-state index >= 15 is 0 Å². The molecule has 2 N–H and O–H groups in total. The fourth-order valence-electron chi connectivity index (χ4n) is 3.94. The van der Waals surface area contributed by atoms with E-state index in [0.29, 0.717) is 34.1 Å². The second-order valence-electron chi connectivity index (χ2n) is 7.22. The topological polar surface area (TPSA) is 86.8 Å². The van der Waals surface area contributed by atoms with Gasteiger partial charge < -0.3 is 15.0 Å². The molecule has 27 heavy (non-hydrogen) atoms. The standard InChI is InChI=1S/C20H20ClN5O/c1-12-4-15-19(14(8-22)9-24-20(15)16(21)5-12)25-17-6-13(7-18(17)27)10-26-3-2-23-11-26/h2-5,9,11,13,17-18,27H,6-7,10H2,1H3,(H,24,25)/t13?,17-,18-/m1/s1. The number of pyridine rings is 1. The summed E-state index contributed by atoms with van der Waals surface area (Å²) in [6, 6.07) is 5.91. The van der Waals surface area contributed by atoms with Crippen molar-refractivity contribution < 1.29 is 5.11 Å². The first-order valence-corrected chi connectivity index (χ1v) is 9.32. The summed E-state index contributed by atoms with van der Waals surface area (Å²) < 4.78 is 2.03. The van der Waals surface area contributed by atoms with Gasteiger partial charge in [0, 0.05) is 30.5 Å². The maximum Gasteiger partial charge on any atom is 0.103 e. The van der Waals surface area contributed by atoms with E-state index in [0.717, 1.165) is 23.9 Å². The van der Waals surface area contributed by atoms with Gasteiger partial charge in [-0.05, 0) is 43.4 Å². The lowest BCUT2D eigenvalue weighted by Crippen LogP contribution is -2.28. The molecule has 1 saturated carbocycles. The number of aliphatic hydroxyl groups is 1. The normalized spacial score (nSPS) is 22.1. The number of hydrogen-bond acceptors (Lipinski definition) is 5. The van der Waals surface area contributed by atoms with Crippen molar-refractivity contribution in [1.29, 1.82) is 5.26 Å². The molecule has 0 amide bonds. The third kappa shape index (κ3) is 3.48. The van der Waals surface area contributed by atoms with E-state index in [2.05, 4.69) is 21.4 Å². The van der Waals surface area contributed by atoms with Gasteiger partial charge in [-0.15, -0.1) is 0 Å². The van der Waals surface area contributed by atoms with Crippen LogP contribution in [-0.2, 0) is 6.54 Å². The Labute approximate surface area is 162 Å². The fraction of sp³-hybridized carbons (Fsp3) is 0.350. The molecule has 3 aromatic rings. The van der Waals surface area contributed by atoms with Crippen LogP contribution in [0.5, 0.6) is 0 Å². The minimum Gasteiger partial charge on any atom is -0.391 e. The Morgan fingerprint density at radius 1 is 1.41 bits per heavy atom. The molecule has 0 bridgehead atoms. The monoisotopic (exact) mass is 381 g/mol. The van der Waals surface area contributed by atoms with Crippen molar-refractivity contribution in [1.82, 2.24) is 14.5 Å². The Kier molecular flexibility index (Phi) is 4.73. The molecule has 1 aromatic carbocycles. The summed E-state index contributed by atoms with van der Waals surface area (Å²) in [6.45, 7) is 2.78. The highest BCUT2D eigenvalue weighted by Crippen LogP contribution is 2.35. The summed E-state index contributed by atoms with van der Waals surface area (Å²) in [7, 11) is 0. The number of aryl methyl sites for hydroxylation is 1. The highest BCUT2D eigenvalue weighted by Gasteiger charge is 2.33. The highest BCUT2D eigenvalue weighted by molar-refractivity contribution is 6.35. The molecule has 0 radical (unpaired) electrons. The Morgan fingerprint density at radius 2 is 2.26 bits per heavy atom. The number of nitrogens with zero attached hydrogens (tertiary/aromatic N) is 4. The minimum atomic E-state index is -0.478. The summed E-state index contributed by atoms with van der Waals surface area (Å²) in [6.07, 6.45) is 8.07. The van der Waals surface area contributed by atoms with Crippen LogP contribution in [0.4, 0.5) is 5.69 Å². The Bertz CT molecular complexity index is 1010. The number of aliphatic hydroxyl groups excluding tert-OH is 1. The molecule has 0 saturated heterocycles. The van der Waals surface area contributed by atoms with Crippen molar-refractivity contribution in [3.05, 3.63) is 53.2 Å². The Morgan fingerprint density at radius 3 is 3.00 bits per heavy atom. The number of rotatable bonds is 4. The van der Waals surface area contributed by atoms with Crippen molar-refractivity contribution in [2.45, 2.75) is 38.5 Å². The van der Waals surface area contributed by atoms with E-state index < -0.39 is 6.10 Å². The number of fused-ring (bicyclic) bond motifs is 1. The van der Waals surface area contributed by atoms with E-state index in [1.807, 2.05) is 29.8 Å². The van der Waals surface area contributed by atoms with Crippen LogP contribution in [0.2, 0.25) is 5.02 Å². The summed E-state index contributed by atoms with van der Waals surface area (Å²) in [5.41, 5.74) is 2.80. The molecule has 7 heteroatoms. The molecule has 1 aliphatic rings. The van der Waals surface area contributed by atoms with Crippen LogP contribution >= 0.6 is 11.6 Å². The van der Waals surface area contributed by atoms with E-state index in [4.69, 9.17) is 11.6 Å². The highest BCUT2D eigenvalue weighted by atomic mass is 35.5. The van der Waals surface area contributed by atoms with Crippen LogP contribution in [-0.4, -0.2) is 31.8 Å². The number of benzene rings is 1. The lowest BCUT2D eigenvalue weighted by atomic mass is 10.1. The van der Waals surface area contributed by atoms with Gasteiger partial charge >= 0.3 is 0 Å². The summed E-state index contributed by atoms with van der Waals surface area (Å²) in [5, 5.41) is 24.9. The maximum absolute atomic E-state index is 10.6. The van der Waals surface area contributed by atoms with Crippen molar-refractivity contribution >= 4 is 28.2 Å². The molecule has 6 nitrogen and oxygen atoms in total. The average molecular weight is 382 g/mol. The summed E-state index contributed by atoms with van der Waals surface area (Å²) >= 11 is 6.35. The molecule has 2 heterocycles. The third-order valence-electron chi connectivity index (χ3n) is 5.17. The fourth-order valence-corrected chi connectivity index (χ4v) is 4.26. The smallest absolute Gasteiger partial charge is 0.103 e. The van der Waals surface area contributed by atoms with Gasteiger partial charge in [0.05, 0.1) is 40.3 Å². The first-order chi connectivity index (χ1) is 13.0. The molecule has 4 rings (SSSR count). The van der Waals surface area contributed by atoms with Crippen LogP contribution in [0.1, 0.15) is 24.0 Å². The van der Waals surface area contributed by atoms with Crippen LogP contribution < -0.4 is 5.32 Å². The predicted octanol–water partition coefficient (Wildman–Crippen LogP) is 3.52. The number of hydrogen-bond donors (Lipinski definition) is 2. The number of imidazole rings is 1. The molecule has 138 valence electrons. The predicted molar refractivity (Wildman–Crippen MR) is 105 cm³/mol. The van der Waals surface area contributed by atoms with Crippen LogP contribution in [0.25, 0.3) is 10.9 Å². The van der Waals surface area contributed by atoms with Crippen LogP contribution in [0.15, 0.2) is 37.1 Å². The van der Waals surface area contributed by atoms with Gasteiger partial charge in [-0.3, -0.25) is 4.98 Å². The van der Waals surface area contributed by atoms with Gasteiger partial charge in [0.2, 0.25) is 0 Å². The number of nitriles is 1. The zero-order valence-electron chi connectivity index (χ0n) is 14.9. The van der Waals surface area contributed by atoms with Gasteiger partial charge in [0.1, 0.15) is 6.07 Å². The molecule has 0 spiro atoms. The largest absolute Gasteiger partial charge is 0.391 e. The van der Waals surface area contributed by atoms with Crippen LogP contribution in [0, 0.1) is 24.2 Å². The van der Waals surface area contributed by atoms with Crippen molar-refractivity contribution in [3.8, 4) is 6.07 Å². The summed E-state index contributed by atoms with van der Waals surface area (Å²) in [4.78, 5) is 8.42. The van der Waals surface area contributed by atoms with Crippen molar-refractivity contribution in [2.24, 2.45) is 5.92 Å². The number of aromatic nitrogens is 3. The van der Waals surface area contributed by atoms with Crippen molar-refractivity contribution in [2.75, 3.05) is 5.32 Å². The minimum absolute atomic E-state index is 0.129. The number of anilines is 1. The van der Waals surface area contributed by atoms with E-state index in [-0.39, 0.29) is 6.04 Å². The van der Waals surface area contributed by atoms with Crippen molar-refractivity contribution in [3.63, 3.8) is 0 Å². The summed E-state index contributed by atoms with van der Waals surface area (Å²) in [5.74, 6) is 0.343. The molecule has 2 aromatic heterocycles. The molecule has 0 aliphatic heterocycles. The van der Waals surface area contributed by atoms with E-state index in [9.17, 15) is 10.4 Å². The Hall–Kier alpha value is -2.62. The SMILES string of the molecule is Cc1cc(Cl)c2ncc(C#N)c(N[C@@H]3CC(Cn4ccnc4)C[C@H]3O)c2c1. The van der Waals surface area contributed by atoms with Gasteiger partial charge in [-0.2, -0.15) is 5.26 Å². The Balaban J connectivity index is 1.64. The first-order valence-electron chi connectivity index (χ1n) is 8.94. The molecule has 1 fully saturated rings. The van der Waals surface area contributed by atoms with Gasteiger partial charge in [0.25, 0.3) is 0 Å². The molecular weight excluding hydrogens is 362 g/mol. The zero-order valence-corrected chi connectivity index (χ0v) is 15.7. The van der Waals surface area contributed by atoms with Gasteiger partial charge in [-0.1, -0.05) is 11.6 Å². The maximum atomic E-state index is 10.6. The average Bonchev–Trinajstić information content (AvgIpc) is 3.25. The quantitative estimate of drug-likeness (QED) is 0.722. The first kappa shape index (κ1) is 17.8. The third-order valence-corrected chi connectivity index (χ3v) is 5.46. The molecule has 3 atom stereocenters. The lowest BCUT2D eigenvalue weighted by molar-refractivity contribution is 0.166. The number of nitrogens with one attached hydrogen (secondary N) is 1. The molecule has 1 unspecified atom stereocenters. The number of halogens is 1. The molecular formula is C20H20ClN5O. The zero-order chi connectivity index (χ0) is 19.0. The lowest BCUT2D eigenvalue weighted by Gasteiger charge is -2.20. The van der Waals surface area contributed by atoms with Gasteiger partial charge in [0.15, 0.2) is 0 Å². The van der Waals surface area contributed by atoms with E-state index in [1.165, 1.54) is 6.20 Å². The van der Waals surface area contributed by atoms with Crippen LogP contribution in [0.3, 0.4) is 0 Å². The molecule has 1 aliphatic carbocycles. The van der Waals surface area contributed by atoms with E-state index in [1.54, 1.807) is 12.5 Å². The second kappa shape index (κ2) is 7.18.